The van der Waals surface area contributed by atoms with Gasteiger partial charge in [0.25, 0.3) is 0 Å². The van der Waals surface area contributed by atoms with E-state index >= 15 is 0 Å². The van der Waals surface area contributed by atoms with Gasteiger partial charge in [-0.3, -0.25) is 0 Å². The van der Waals surface area contributed by atoms with Crippen LogP contribution in [0.3, 0.4) is 0 Å². The van der Waals surface area contributed by atoms with Gasteiger partial charge >= 0.3 is 5.63 Å². The number of hydrogen-bond donors (Lipinski definition) is 4. The van der Waals surface area contributed by atoms with Crippen molar-refractivity contribution in [1.29, 1.82) is 0 Å². The van der Waals surface area contributed by atoms with Crippen LogP contribution in [0.4, 0.5) is 0 Å². The third-order valence-electron chi connectivity index (χ3n) is 3.62. The lowest BCUT2D eigenvalue weighted by molar-refractivity contribution is -0.252. The molecule has 0 saturated carbocycles. The summed E-state index contributed by atoms with van der Waals surface area (Å²) in [6.45, 7) is 4.70. The smallest absolute Gasteiger partial charge is 0.336 e. The number of aliphatic hydroxyl groups is 2. The highest BCUT2D eigenvalue weighted by Crippen LogP contribution is 2.37. The summed E-state index contributed by atoms with van der Waals surface area (Å²) in [5.74, 6) is -2.94. The van der Waals surface area contributed by atoms with Crippen molar-refractivity contribution in [3.63, 3.8) is 0 Å². The van der Waals surface area contributed by atoms with E-state index in [1.54, 1.807) is 13.8 Å². The summed E-state index contributed by atoms with van der Waals surface area (Å²) in [6, 6.07) is 2.59. The summed E-state index contributed by atoms with van der Waals surface area (Å²) in [4.78, 5) is 12.8. The molecule has 1 aromatic heterocycles. The Balaban J connectivity index is 0.00000264. The molecule has 0 aliphatic rings. The number of hydrogen-bond acceptors (Lipinski definition) is 7. The largest absolute Gasteiger partial charge is 0.504 e. The van der Waals surface area contributed by atoms with Crippen molar-refractivity contribution < 1.29 is 24.8 Å². The molecule has 1 aromatic carbocycles. The van der Waals surface area contributed by atoms with E-state index < -0.39 is 17.3 Å². The van der Waals surface area contributed by atoms with Crippen molar-refractivity contribution >= 4 is 23.4 Å². The Hall–Kier alpha value is -1.80. The molecule has 0 spiro atoms. The van der Waals surface area contributed by atoms with Gasteiger partial charge in [0.05, 0.1) is 5.56 Å². The number of nitrogens with zero attached hydrogens (tertiary/aromatic N) is 1. The first-order chi connectivity index (χ1) is 10.1. The van der Waals surface area contributed by atoms with Gasteiger partial charge in [0, 0.05) is 31.5 Å². The number of phenols is 2. The molecule has 4 N–H and O–H groups in total. The molecule has 0 unspecified atom stereocenters. The Bertz CT molecular complexity index is 765. The Kier molecular flexibility index (Phi) is 5.65. The highest BCUT2D eigenvalue weighted by Gasteiger charge is 2.27. The fourth-order valence-electron chi connectivity index (χ4n) is 2.39. The van der Waals surface area contributed by atoms with E-state index in [9.17, 15) is 25.2 Å². The van der Waals surface area contributed by atoms with Crippen LogP contribution < -0.4 is 5.63 Å². The van der Waals surface area contributed by atoms with Gasteiger partial charge in [0.2, 0.25) is 5.91 Å². The van der Waals surface area contributed by atoms with E-state index in [-0.39, 0.29) is 42.4 Å². The molecular weight excluding hydrogens is 326 g/mol. The van der Waals surface area contributed by atoms with Crippen LogP contribution in [0.25, 0.3) is 11.0 Å². The van der Waals surface area contributed by atoms with Gasteiger partial charge in [-0.2, -0.15) is 0 Å². The minimum Gasteiger partial charge on any atom is -0.504 e. The molecule has 0 aliphatic heterocycles. The number of halogens is 1. The fraction of sp³-hybridized carbons (Fsp3) is 0.400. The number of fused-ring (bicyclic) bond motifs is 1. The molecule has 0 atom stereocenters. The second kappa shape index (κ2) is 6.76. The van der Waals surface area contributed by atoms with Gasteiger partial charge in [0.15, 0.2) is 11.5 Å². The van der Waals surface area contributed by atoms with E-state index in [2.05, 4.69) is 0 Å². The molecule has 7 nitrogen and oxygen atoms in total. The minimum atomic E-state index is -2.12. The van der Waals surface area contributed by atoms with Crippen LogP contribution in [0.1, 0.15) is 25.0 Å². The SMILES string of the molecule is CCN(Cc1c(O)c(O)cc2c(C)cc(=O)oc12)C(C)(O)O.Cl. The quantitative estimate of drug-likeness (QED) is 0.376. The van der Waals surface area contributed by atoms with Crippen LogP contribution in [0.2, 0.25) is 0 Å². The molecule has 2 aromatic rings. The summed E-state index contributed by atoms with van der Waals surface area (Å²) < 4.78 is 5.15. The normalized spacial score (nSPS) is 11.7. The standard InChI is InChI=1S/C15H19NO6.ClH/c1-4-16(15(3,20)21)7-10-13(19)11(17)6-9-8(2)5-12(18)22-14(9)10;/h5-6,17,19-21H,4,7H2,1-3H3;1H. The Labute approximate surface area is 138 Å². The number of rotatable bonds is 4. The first-order valence-corrected chi connectivity index (χ1v) is 6.83. The third-order valence-corrected chi connectivity index (χ3v) is 3.62. The first-order valence-electron chi connectivity index (χ1n) is 6.83. The zero-order valence-corrected chi connectivity index (χ0v) is 13.8. The maximum absolute atomic E-state index is 11.6. The first kappa shape index (κ1) is 19.2. The lowest BCUT2D eigenvalue weighted by Gasteiger charge is -2.31. The average molecular weight is 346 g/mol. The molecule has 0 fully saturated rings. The zero-order chi connectivity index (χ0) is 16.7. The predicted molar refractivity (Wildman–Crippen MR) is 86.7 cm³/mol. The van der Waals surface area contributed by atoms with Crippen LogP contribution in [0, 0.1) is 6.92 Å². The summed E-state index contributed by atoms with van der Waals surface area (Å²) in [7, 11) is 0. The molecule has 8 heteroatoms. The van der Waals surface area contributed by atoms with Crippen molar-refractivity contribution in [2.24, 2.45) is 0 Å². The Morgan fingerprint density at radius 2 is 1.87 bits per heavy atom. The highest BCUT2D eigenvalue weighted by molar-refractivity contribution is 5.87. The molecular formula is C15H20ClNO6. The summed E-state index contributed by atoms with van der Waals surface area (Å²) in [5, 5.41) is 39.9. The van der Waals surface area contributed by atoms with Crippen LogP contribution in [-0.4, -0.2) is 37.8 Å². The summed E-state index contributed by atoms with van der Waals surface area (Å²) in [6.07, 6.45) is 0. The predicted octanol–water partition coefficient (Wildman–Crippen LogP) is 1.41. The summed E-state index contributed by atoms with van der Waals surface area (Å²) >= 11 is 0. The number of aryl methyl sites for hydroxylation is 1. The van der Waals surface area contributed by atoms with Gasteiger partial charge in [-0.25, -0.2) is 9.69 Å². The van der Waals surface area contributed by atoms with Crippen molar-refractivity contribution in [3.05, 3.63) is 33.7 Å². The van der Waals surface area contributed by atoms with Gasteiger partial charge in [-0.05, 0) is 18.6 Å². The molecule has 0 aliphatic carbocycles. The molecule has 0 amide bonds. The Morgan fingerprint density at radius 1 is 1.26 bits per heavy atom. The lowest BCUT2D eigenvalue weighted by atomic mass is 10.0. The van der Waals surface area contributed by atoms with Crippen LogP contribution in [-0.2, 0) is 6.54 Å². The lowest BCUT2D eigenvalue weighted by Crippen LogP contribution is -2.45. The second-order valence-corrected chi connectivity index (χ2v) is 5.33. The molecule has 2 rings (SSSR count). The van der Waals surface area contributed by atoms with Gasteiger partial charge in [-0.15, -0.1) is 12.4 Å². The van der Waals surface area contributed by atoms with Gasteiger partial charge in [-0.1, -0.05) is 6.92 Å². The third kappa shape index (κ3) is 3.76. The van der Waals surface area contributed by atoms with E-state index in [0.29, 0.717) is 10.9 Å². The van der Waals surface area contributed by atoms with Crippen molar-refractivity contribution in [2.45, 2.75) is 33.2 Å². The van der Waals surface area contributed by atoms with Gasteiger partial charge in [0.1, 0.15) is 5.58 Å². The maximum atomic E-state index is 11.6. The average Bonchev–Trinajstić information content (AvgIpc) is 2.39. The van der Waals surface area contributed by atoms with E-state index in [1.807, 2.05) is 0 Å². The van der Waals surface area contributed by atoms with E-state index in [1.165, 1.54) is 24.0 Å². The number of phenolic OH excluding ortho intramolecular Hbond substituents is 2. The van der Waals surface area contributed by atoms with Crippen molar-refractivity contribution in [3.8, 4) is 11.5 Å². The van der Waals surface area contributed by atoms with Crippen LogP contribution >= 0.6 is 12.4 Å². The number of aromatic hydroxyl groups is 2. The van der Waals surface area contributed by atoms with Crippen LogP contribution in [0.5, 0.6) is 11.5 Å². The summed E-state index contributed by atoms with van der Waals surface area (Å²) in [5.41, 5.74) is 0.228. The fourth-order valence-corrected chi connectivity index (χ4v) is 2.39. The minimum absolute atomic E-state index is 0. The monoisotopic (exact) mass is 345 g/mol. The second-order valence-electron chi connectivity index (χ2n) is 5.33. The van der Waals surface area contributed by atoms with Crippen molar-refractivity contribution in [2.75, 3.05) is 6.54 Å². The molecule has 0 radical (unpaired) electrons. The van der Waals surface area contributed by atoms with Gasteiger partial charge < -0.3 is 24.8 Å². The van der Waals surface area contributed by atoms with Crippen LogP contribution in [0.15, 0.2) is 21.3 Å². The highest BCUT2D eigenvalue weighted by atomic mass is 35.5. The van der Waals surface area contributed by atoms with E-state index in [0.717, 1.165) is 0 Å². The topological polar surface area (TPSA) is 114 Å². The molecule has 23 heavy (non-hydrogen) atoms. The molecule has 128 valence electrons. The molecule has 1 heterocycles. The zero-order valence-electron chi connectivity index (χ0n) is 13.0. The maximum Gasteiger partial charge on any atom is 0.336 e. The van der Waals surface area contributed by atoms with Crippen molar-refractivity contribution in [1.82, 2.24) is 4.90 Å². The Morgan fingerprint density at radius 3 is 2.39 bits per heavy atom. The number of benzene rings is 1. The molecule has 0 bridgehead atoms. The van der Waals surface area contributed by atoms with E-state index in [4.69, 9.17) is 4.42 Å². The molecule has 0 saturated heterocycles.